The van der Waals surface area contributed by atoms with E-state index < -0.39 is 12.0 Å². The first-order valence-electron chi connectivity index (χ1n) is 4.30. The average molecular weight is 284 g/mol. The van der Waals surface area contributed by atoms with Crippen LogP contribution in [0, 0.1) is 0 Å². The first-order valence-corrected chi connectivity index (χ1v) is 5.05. The Morgan fingerprint density at radius 1 is 1.29 bits per heavy atom. The predicted octanol–water partition coefficient (Wildman–Crippen LogP) is 4.05. The summed E-state index contributed by atoms with van der Waals surface area (Å²) in [6.07, 6.45) is -3.63. The zero-order valence-electron chi connectivity index (χ0n) is 8.18. The molecule has 0 saturated carbocycles. The molecule has 0 aliphatic heterocycles. The summed E-state index contributed by atoms with van der Waals surface area (Å²) in [7, 11) is 0. The van der Waals surface area contributed by atoms with Crippen LogP contribution in [0.3, 0.4) is 0 Å². The molecule has 2 nitrogen and oxygen atoms in total. The van der Waals surface area contributed by atoms with E-state index in [2.05, 4.69) is 5.32 Å². The molecular weight excluding hydrogens is 278 g/mol. The second-order valence-corrected chi connectivity index (χ2v) is 3.81. The average Bonchev–Trinajstić information content (AvgIpc) is 2.19. The van der Waals surface area contributed by atoms with Gasteiger partial charge in [-0.2, -0.15) is 13.2 Å². The fourth-order valence-electron chi connectivity index (χ4n) is 0.908. The van der Waals surface area contributed by atoms with E-state index in [0.717, 1.165) is 6.20 Å². The largest absolute Gasteiger partial charge is 0.454 e. The Morgan fingerprint density at radius 2 is 1.94 bits per heavy atom. The summed E-state index contributed by atoms with van der Waals surface area (Å²) in [4.78, 5) is 10.5. The van der Waals surface area contributed by atoms with E-state index in [0.29, 0.717) is 16.8 Å². The predicted molar refractivity (Wildman–Crippen MR) is 60.3 cm³/mol. The third-order valence-corrected chi connectivity index (χ3v) is 2.23. The van der Waals surface area contributed by atoms with Crippen molar-refractivity contribution >= 4 is 34.7 Å². The quantitative estimate of drug-likeness (QED) is 0.848. The lowest BCUT2D eigenvalue weighted by Crippen LogP contribution is -2.20. The summed E-state index contributed by atoms with van der Waals surface area (Å²) in [5.74, 6) is -1.95. The van der Waals surface area contributed by atoms with E-state index in [-0.39, 0.29) is 5.02 Å². The van der Waals surface area contributed by atoms with Crippen molar-refractivity contribution in [2.45, 2.75) is 6.18 Å². The van der Waals surface area contributed by atoms with Crippen molar-refractivity contribution in [3.8, 4) is 0 Å². The maximum absolute atomic E-state index is 11.8. The van der Waals surface area contributed by atoms with E-state index in [1.54, 1.807) is 0 Å². The number of benzene rings is 1. The van der Waals surface area contributed by atoms with E-state index in [9.17, 15) is 18.0 Å². The number of alkyl halides is 3. The Kier molecular flexibility index (Phi) is 4.42. The lowest BCUT2D eigenvalue weighted by atomic mass is 10.3. The molecule has 1 aromatic carbocycles. The fourth-order valence-corrected chi connectivity index (χ4v) is 1.37. The number of allylic oxidation sites excluding steroid dienone is 1. The SMILES string of the molecule is O=C(/C=C/Nc1ccc(Cl)cc1Cl)C(F)(F)F. The number of nitrogens with one attached hydrogen (secondary N) is 1. The van der Waals surface area contributed by atoms with Crippen LogP contribution in [-0.4, -0.2) is 12.0 Å². The van der Waals surface area contributed by atoms with Gasteiger partial charge in [-0.3, -0.25) is 4.79 Å². The Labute approximate surface area is 105 Å². The Hall–Kier alpha value is -1.20. The fraction of sp³-hybridized carbons (Fsp3) is 0.100. The summed E-state index contributed by atoms with van der Waals surface area (Å²) in [5.41, 5.74) is 0.349. The van der Waals surface area contributed by atoms with Crippen molar-refractivity contribution in [2.24, 2.45) is 0 Å². The minimum atomic E-state index is -4.87. The zero-order valence-corrected chi connectivity index (χ0v) is 9.70. The smallest absolute Gasteiger partial charge is 0.360 e. The number of ketones is 1. The van der Waals surface area contributed by atoms with E-state index in [1.807, 2.05) is 0 Å². The standard InChI is InChI=1S/C10H6Cl2F3NO/c11-6-1-2-8(7(12)5-6)16-4-3-9(17)10(13,14)15/h1-5,16H/b4-3+. The highest BCUT2D eigenvalue weighted by Crippen LogP contribution is 2.25. The van der Waals surface area contributed by atoms with Crippen molar-refractivity contribution in [1.82, 2.24) is 0 Å². The lowest BCUT2D eigenvalue weighted by molar-refractivity contribution is -0.165. The van der Waals surface area contributed by atoms with Gasteiger partial charge in [0.05, 0.1) is 10.7 Å². The zero-order chi connectivity index (χ0) is 13.1. The van der Waals surface area contributed by atoms with Crippen LogP contribution < -0.4 is 5.32 Å². The molecule has 0 spiro atoms. The topological polar surface area (TPSA) is 29.1 Å². The molecule has 0 aliphatic carbocycles. The molecule has 92 valence electrons. The van der Waals surface area contributed by atoms with E-state index in [1.165, 1.54) is 18.2 Å². The lowest BCUT2D eigenvalue weighted by Gasteiger charge is -2.04. The van der Waals surface area contributed by atoms with Crippen molar-refractivity contribution in [2.75, 3.05) is 5.32 Å². The monoisotopic (exact) mass is 283 g/mol. The molecule has 0 aromatic heterocycles. The van der Waals surface area contributed by atoms with Crippen LogP contribution in [0.5, 0.6) is 0 Å². The highest BCUT2D eigenvalue weighted by molar-refractivity contribution is 6.36. The highest BCUT2D eigenvalue weighted by atomic mass is 35.5. The van der Waals surface area contributed by atoms with Crippen molar-refractivity contribution < 1.29 is 18.0 Å². The number of carbonyl (C=O) groups excluding carboxylic acids is 1. The van der Waals surface area contributed by atoms with Crippen molar-refractivity contribution in [3.05, 3.63) is 40.5 Å². The molecule has 7 heteroatoms. The molecule has 0 fully saturated rings. The summed E-state index contributed by atoms with van der Waals surface area (Å²) in [5, 5.41) is 3.09. The molecule has 0 radical (unpaired) electrons. The Morgan fingerprint density at radius 3 is 2.47 bits per heavy atom. The van der Waals surface area contributed by atoms with Crippen molar-refractivity contribution in [1.29, 1.82) is 0 Å². The number of rotatable bonds is 3. The molecular formula is C10H6Cl2F3NO. The first-order chi connectivity index (χ1) is 7.80. The van der Waals surface area contributed by atoms with E-state index in [4.69, 9.17) is 23.2 Å². The van der Waals surface area contributed by atoms with E-state index >= 15 is 0 Å². The molecule has 0 unspecified atom stereocenters. The highest BCUT2D eigenvalue weighted by Gasteiger charge is 2.35. The van der Waals surface area contributed by atoms with Crippen LogP contribution in [0.1, 0.15) is 0 Å². The van der Waals surface area contributed by atoms with Crippen LogP contribution >= 0.6 is 23.2 Å². The molecule has 1 aromatic rings. The van der Waals surface area contributed by atoms with Crippen LogP contribution in [-0.2, 0) is 4.79 Å². The number of hydrogen-bond donors (Lipinski definition) is 1. The van der Waals surface area contributed by atoms with Gasteiger partial charge < -0.3 is 5.32 Å². The van der Waals surface area contributed by atoms with Gasteiger partial charge in [0.15, 0.2) is 0 Å². The number of halogens is 5. The Bertz CT molecular complexity index is 457. The van der Waals surface area contributed by atoms with Gasteiger partial charge >= 0.3 is 6.18 Å². The van der Waals surface area contributed by atoms with Crippen LogP contribution in [0.4, 0.5) is 18.9 Å². The minimum Gasteiger partial charge on any atom is -0.360 e. The third kappa shape index (κ3) is 4.28. The summed E-state index contributed by atoms with van der Waals surface area (Å²) >= 11 is 11.4. The molecule has 0 saturated heterocycles. The van der Waals surface area contributed by atoms with Gasteiger partial charge in [-0.25, -0.2) is 0 Å². The second kappa shape index (κ2) is 5.42. The first kappa shape index (κ1) is 13.9. The molecule has 0 bridgehead atoms. The number of anilines is 1. The van der Waals surface area contributed by atoms with Crippen molar-refractivity contribution in [3.63, 3.8) is 0 Å². The molecule has 0 heterocycles. The van der Waals surface area contributed by atoms with Crippen LogP contribution in [0.25, 0.3) is 0 Å². The molecule has 1 rings (SSSR count). The summed E-state index contributed by atoms with van der Waals surface area (Å²) in [6, 6.07) is 4.41. The van der Waals surface area contributed by atoms with Gasteiger partial charge in [-0.05, 0) is 18.2 Å². The minimum absolute atomic E-state index is 0.238. The molecule has 0 aliphatic rings. The van der Waals surface area contributed by atoms with Gasteiger partial charge in [-0.1, -0.05) is 23.2 Å². The van der Waals surface area contributed by atoms with Gasteiger partial charge in [0.2, 0.25) is 0 Å². The van der Waals surface area contributed by atoms with Gasteiger partial charge in [0, 0.05) is 17.3 Å². The number of carbonyl (C=O) groups is 1. The maximum Gasteiger partial charge on any atom is 0.454 e. The summed E-state index contributed by atoms with van der Waals surface area (Å²) < 4.78 is 35.5. The van der Waals surface area contributed by atoms with Gasteiger partial charge in [0.1, 0.15) is 0 Å². The second-order valence-electron chi connectivity index (χ2n) is 2.96. The van der Waals surface area contributed by atoms with Crippen LogP contribution in [0.2, 0.25) is 10.0 Å². The van der Waals surface area contributed by atoms with Crippen LogP contribution in [0.15, 0.2) is 30.5 Å². The molecule has 17 heavy (non-hydrogen) atoms. The number of hydrogen-bond acceptors (Lipinski definition) is 2. The molecule has 0 atom stereocenters. The molecule has 0 amide bonds. The Balaban J connectivity index is 2.68. The van der Waals surface area contributed by atoms with Gasteiger partial charge in [0.25, 0.3) is 5.78 Å². The summed E-state index contributed by atoms with van der Waals surface area (Å²) in [6.45, 7) is 0. The maximum atomic E-state index is 11.8. The third-order valence-electron chi connectivity index (χ3n) is 1.68. The normalized spacial score (nSPS) is 11.8. The van der Waals surface area contributed by atoms with Gasteiger partial charge in [-0.15, -0.1) is 0 Å². The molecule has 1 N–H and O–H groups in total.